The highest BCUT2D eigenvalue weighted by molar-refractivity contribution is 5.47. The van der Waals surface area contributed by atoms with Crippen molar-refractivity contribution in [3.63, 3.8) is 0 Å². The highest BCUT2D eigenvalue weighted by atomic mass is 15.0. The third-order valence-corrected chi connectivity index (χ3v) is 1.79. The summed E-state index contributed by atoms with van der Waals surface area (Å²) in [6, 6.07) is 0. The second-order valence-corrected chi connectivity index (χ2v) is 2.87. The average Bonchev–Trinajstić information content (AvgIpc) is 2.71. The fourth-order valence-corrected chi connectivity index (χ4v) is 1.13. The van der Waals surface area contributed by atoms with Gasteiger partial charge in [0.2, 0.25) is 0 Å². The van der Waals surface area contributed by atoms with E-state index in [1.54, 1.807) is 12.5 Å². The molecule has 13 heavy (non-hydrogen) atoms. The lowest BCUT2D eigenvalue weighted by molar-refractivity contribution is 0.913. The quantitative estimate of drug-likeness (QED) is 0.691. The minimum absolute atomic E-state index is 0.448. The molecule has 5 heteroatoms. The molecule has 0 aromatic carbocycles. The van der Waals surface area contributed by atoms with Crippen LogP contribution in [0, 0.1) is 0 Å². The van der Waals surface area contributed by atoms with Gasteiger partial charge in [0, 0.05) is 26.0 Å². The van der Waals surface area contributed by atoms with Crippen LogP contribution in [0.4, 0.5) is 0 Å². The van der Waals surface area contributed by atoms with Crippen LogP contribution in [-0.4, -0.2) is 19.5 Å². The largest absolute Gasteiger partial charge is 0.343 e. The molecule has 0 aliphatic heterocycles. The van der Waals surface area contributed by atoms with Crippen LogP contribution in [-0.2, 0) is 13.6 Å². The van der Waals surface area contributed by atoms with E-state index in [2.05, 4.69) is 15.0 Å². The molecule has 0 saturated heterocycles. The number of aromatic amines is 1. The summed E-state index contributed by atoms with van der Waals surface area (Å²) in [5.74, 6) is 0.765. The Morgan fingerprint density at radius 1 is 1.62 bits per heavy atom. The molecule has 0 spiro atoms. The van der Waals surface area contributed by atoms with Crippen molar-refractivity contribution in [1.82, 2.24) is 19.5 Å². The van der Waals surface area contributed by atoms with Gasteiger partial charge in [0.25, 0.3) is 0 Å². The maximum atomic E-state index is 5.44. The molecule has 0 unspecified atom stereocenters. The molecule has 0 fully saturated rings. The minimum Gasteiger partial charge on any atom is -0.343 e. The Morgan fingerprint density at radius 3 is 3.00 bits per heavy atom. The van der Waals surface area contributed by atoms with Gasteiger partial charge in [-0.15, -0.1) is 0 Å². The van der Waals surface area contributed by atoms with Gasteiger partial charge in [0.1, 0.15) is 5.69 Å². The number of nitrogens with zero attached hydrogens (tertiary/aromatic N) is 3. The first kappa shape index (κ1) is 8.00. The third kappa shape index (κ3) is 1.46. The van der Waals surface area contributed by atoms with Gasteiger partial charge >= 0.3 is 0 Å². The number of imidazole rings is 2. The first-order valence-corrected chi connectivity index (χ1v) is 4.02. The molecular formula is C8H11N5. The van der Waals surface area contributed by atoms with E-state index in [1.807, 2.05) is 17.8 Å². The topological polar surface area (TPSA) is 72.5 Å². The fraction of sp³-hybridized carbons (Fsp3) is 0.250. The summed E-state index contributed by atoms with van der Waals surface area (Å²) in [6.45, 7) is 0.448. The number of aromatic nitrogens is 4. The maximum absolute atomic E-state index is 5.44. The standard InChI is InChI=1S/C8H11N5/c1-13-4-7(11-5-13)8-10-3-6(2-9)12-8/h3-5H,2,9H2,1H3,(H,10,12). The van der Waals surface area contributed by atoms with E-state index in [0.717, 1.165) is 17.2 Å². The second kappa shape index (κ2) is 3.02. The van der Waals surface area contributed by atoms with Crippen molar-refractivity contribution in [3.05, 3.63) is 24.4 Å². The molecule has 2 heterocycles. The Balaban J connectivity index is 2.35. The zero-order valence-electron chi connectivity index (χ0n) is 7.36. The molecule has 0 radical (unpaired) electrons. The molecule has 0 bridgehead atoms. The molecule has 2 rings (SSSR count). The van der Waals surface area contributed by atoms with Crippen LogP contribution in [0.5, 0.6) is 0 Å². The molecule has 0 amide bonds. The van der Waals surface area contributed by atoms with Crippen LogP contribution in [0.1, 0.15) is 5.69 Å². The number of nitrogens with one attached hydrogen (secondary N) is 1. The fourth-order valence-electron chi connectivity index (χ4n) is 1.13. The summed E-state index contributed by atoms with van der Waals surface area (Å²) in [7, 11) is 1.92. The monoisotopic (exact) mass is 177 g/mol. The summed E-state index contributed by atoms with van der Waals surface area (Å²) < 4.78 is 1.87. The third-order valence-electron chi connectivity index (χ3n) is 1.79. The second-order valence-electron chi connectivity index (χ2n) is 2.87. The lowest BCUT2D eigenvalue weighted by Crippen LogP contribution is -1.95. The van der Waals surface area contributed by atoms with Crippen LogP contribution in [0.15, 0.2) is 18.7 Å². The van der Waals surface area contributed by atoms with Gasteiger partial charge in [-0.2, -0.15) is 0 Å². The van der Waals surface area contributed by atoms with Gasteiger partial charge in [-0.3, -0.25) is 0 Å². The number of rotatable bonds is 2. The van der Waals surface area contributed by atoms with E-state index in [9.17, 15) is 0 Å². The lowest BCUT2D eigenvalue weighted by Gasteiger charge is -1.87. The molecule has 0 aliphatic carbocycles. The van der Waals surface area contributed by atoms with Gasteiger partial charge in [-0.05, 0) is 0 Å². The van der Waals surface area contributed by atoms with Crippen molar-refractivity contribution in [2.45, 2.75) is 6.54 Å². The van der Waals surface area contributed by atoms with Crippen LogP contribution < -0.4 is 5.73 Å². The highest BCUT2D eigenvalue weighted by Gasteiger charge is 2.04. The summed E-state index contributed by atoms with van der Waals surface area (Å²) in [6.07, 6.45) is 5.43. The van der Waals surface area contributed by atoms with E-state index < -0.39 is 0 Å². The van der Waals surface area contributed by atoms with E-state index in [0.29, 0.717) is 6.54 Å². The molecular weight excluding hydrogens is 166 g/mol. The van der Waals surface area contributed by atoms with Gasteiger partial charge < -0.3 is 15.3 Å². The molecule has 0 aliphatic rings. The van der Waals surface area contributed by atoms with Crippen molar-refractivity contribution in [3.8, 4) is 11.5 Å². The first-order chi connectivity index (χ1) is 6.29. The Bertz CT molecular complexity index is 400. The Hall–Kier alpha value is -1.62. The molecule has 0 atom stereocenters. The summed E-state index contributed by atoms with van der Waals surface area (Å²) in [4.78, 5) is 11.4. The van der Waals surface area contributed by atoms with Gasteiger partial charge in [0.15, 0.2) is 5.82 Å². The SMILES string of the molecule is Cn1cnc(-c2nc(CN)c[nH]2)c1. The number of nitrogens with two attached hydrogens (primary N) is 1. The molecule has 2 aromatic heterocycles. The average molecular weight is 177 g/mol. The maximum Gasteiger partial charge on any atom is 0.157 e. The Kier molecular flexibility index (Phi) is 1.86. The molecule has 0 saturated carbocycles. The van der Waals surface area contributed by atoms with Crippen molar-refractivity contribution >= 4 is 0 Å². The predicted molar refractivity (Wildman–Crippen MR) is 48.7 cm³/mol. The van der Waals surface area contributed by atoms with Crippen LogP contribution >= 0.6 is 0 Å². The summed E-state index contributed by atoms with van der Waals surface area (Å²) >= 11 is 0. The first-order valence-electron chi connectivity index (χ1n) is 4.02. The zero-order chi connectivity index (χ0) is 9.26. The van der Waals surface area contributed by atoms with Gasteiger partial charge in [-0.1, -0.05) is 0 Å². The van der Waals surface area contributed by atoms with Crippen LogP contribution in [0.2, 0.25) is 0 Å². The number of hydrogen-bond acceptors (Lipinski definition) is 3. The summed E-state index contributed by atoms with van der Waals surface area (Å²) in [5.41, 5.74) is 7.12. The Labute approximate surface area is 75.6 Å². The van der Waals surface area contributed by atoms with Crippen molar-refractivity contribution in [1.29, 1.82) is 0 Å². The van der Waals surface area contributed by atoms with E-state index in [1.165, 1.54) is 0 Å². The van der Waals surface area contributed by atoms with Crippen LogP contribution in [0.3, 0.4) is 0 Å². The number of aryl methyl sites for hydroxylation is 1. The van der Waals surface area contributed by atoms with Crippen molar-refractivity contribution in [2.24, 2.45) is 12.8 Å². The smallest absolute Gasteiger partial charge is 0.157 e. The van der Waals surface area contributed by atoms with E-state index >= 15 is 0 Å². The molecule has 2 aromatic rings. The normalized spacial score (nSPS) is 10.6. The molecule has 5 nitrogen and oxygen atoms in total. The number of hydrogen-bond donors (Lipinski definition) is 2. The highest BCUT2D eigenvalue weighted by Crippen LogP contribution is 2.11. The van der Waals surface area contributed by atoms with E-state index in [4.69, 9.17) is 5.73 Å². The number of H-pyrrole nitrogens is 1. The predicted octanol–water partition coefficient (Wildman–Crippen LogP) is 0.269. The summed E-state index contributed by atoms with van der Waals surface area (Å²) in [5, 5.41) is 0. The molecule has 68 valence electrons. The zero-order valence-corrected chi connectivity index (χ0v) is 7.36. The van der Waals surface area contributed by atoms with Crippen molar-refractivity contribution < 1.29 is 0 Å². The Morgan fingerprint density at radius 2 is 2.46 bits per heavy atom. The van der Waals surface area contributed by atoms with Gasteiger partial charge in [0.05, 0.1) is 12.0 Å². The van der Waals surface area contributed by atoms with Gasteiger partial charge in [-0.25, -0.2) is 9.97 Å². The van der Waals surface area contributed by atoms with Crippen molar-refractivity contribution in [2.75, 3.05) is 0 Å². The lowest BCUT2D eigenvalue weighted by atomic mass is 10.4. The van der Waals surface area contributed by atoms with Crippen LogP contribution in [0.25, 0.3) is 11.5 Å². The van der Waals surface area contributed by atoms with E-state index in [-0.39, 0.29) is 0 Å². The molecule has 3 N–H and O–H groups in total. The minimum atomic E-state index is 0.448.